The van der Waals surface area contributed by atoms with Crippen LogP contribution in [0.15, 0.2) is 28.3 Å². The van der Waals surface area contributed by atoms with Crippen LogP contribution in [0.1, 0.15) is 125 Å². The van der Waals surface area contributed by atoms with Crippen molar-refractivity contribution in [2.24, 2.45) is 4.99 Å². The van der Waals surface area contributed by atoms with Gasteiger partial charge in [-0.25, -0.2) is 0 Å². The summed E-state index contributed by atoms with van der Waals surface area (Å²) in [6, 6.07) is 0. The molecule has 0 amide bonds. The Morgan fingerprint density at radius 3 is 1.88 bits per heavy atom. The number of unbranched alkanes of at least 4 members (excludes halogenated alkanes) is 8. The van der Waals surface area contributed by atoms with Crippen LogP contribution in [0.2, 0.25) is 0 Å². The molecule has 0 rings (SSSR count). The van der Waals surface area contributed by atoms with E-state index in [1.807, 2.05) is 0 Å². The molecule has 0 saturated heterocycles. The molecule has 0 aliphatic rings. The minimum atomic E-state index is 1.03. The van der Waals surface area contributed by atoms with Crippen molar-refractivity contribution >= 4 is 5.71 Å². The van der Waals surface area contributed by atoms with Crippen molar-refractivity contribution in [2.75, 3.05) is 6.54 Å². The Labute approximate surface area is 165 Å². The van der Waals surface area contributed by atoms with Crippen LogP contribution in [-0.2, 0) is 0 Å². The molecule has 0 saturated carbocycles. The van der Waals surface area contributed by atoms with Gasteiger partial charge in [-0.2, -0.15) is 0 Å². The van der Waals surface area contributed by atoms with Gasteiger partial charge in [-0.3, -0.25) is 4.99 Å². The Bertz CT molecular complexity index is 400. The zero-order valence-electron chi connectivity index (χ0n) is 18.7. The van der Waals surface area contributed by atoms with E-state index in [9.17, 15) is 0 Å². The Morgan fingerprint density at radius 2 is 1.19 bits per heavy atom. The standard InChI is InChI=1S/C25H47N/c1-6-8-10-12-14-17-23(3)18-16-19-24(4)20-21-25(5)26-22-15-13-11-9-7-2/h17,19H,6-16,18,20-22H2,1-5H3/b23-17+,24-19+,26-25+. The van der Waals surface area contributed by atoms with Crippen LogP contribution in [0, 0.1) is 0 Å². The summed E-state index contributed by atoms with van der Waals surface area (Å²) in [6.45, 7) is 12.3. The molecule has 0 atom stereocenters. The first kappa shape index (κ1) is 25.1. The molecule has 0 N–H and O–H groups in total. The molecule has 0 aromatic carbocycles. The minimum absolute atomic E-state index is 1.03. The third-order valence-corrected chi connectivity index (χ3v) is 5.11. The zero-order chi connectivity index (χ0) is 19.5. The largest absolute Gasteiger partial charge is 0.294 e. The molecule has 0 unspecified atom stereocenters. The molecule has 0 spiro atoms. The Hall–Kier alpha value is -0.850. The van der Waals surface area contributed by atoms with E-state index in [0.29, 0.717) is 0 Å². The number of aliphatic imine (C=N–C) groups is 1. The molecular formula is C25H47N. The maximum atomic E-state index is 4.74. The van der Waals surface area contributed by atoms with Crippen LogP contribution < -0.4 is 0 Å². The van der Waals surface area contributed by atoms with Gasteiger partial charge in [0, 0.05) is 12.3 Å². The van der Waals surface area contributed by atoms with Gasteiger partial charge in [0.25, 0.3) is 0 Å². The van der Waals surface area contributed by atoms with E-state index in [1.54, 1.807) is 5.57 Å². The molecule has 1 heteroatoms. The summed E-state index contributed by atoms with van der Waals surface area (Å²) in [6.07, 6.45) is 23.0. The van der Waals surface area contributed by atoms with E-state index in [-0.39, 0.29) is 0 Å². The quantitative estimate of drug-likeness (QED) is 0.139. The summed E-state index contributed by atoms with van der Waals surface area (Å²) in [5.74, 6) is 0. The lowest BCUT2D eigenvalue weighted by molar-refractivity contribution is 0.638. The first-order chi connectivity index (χ1) is 12.6. The normalized spacial score (nSPS) is 13.5. The van der Waals surface area contributed by atoms with Gasteiger partial charge in [-0.1, -0.05) is 82.1 Å². The van der Waals surface area contributed by atoms with Crippen LogP contribution >= 0.6 is 0 Å². The van der Waals surface area contributed by atoms with E-state index in [2.05, 4.69) is 46.8 Å². The smallest absolute Gasteiger partial charge is 0.0388 e. The van der Waals surface area contributed by atoms with Crippen molar-refractivity contribution in [3.63, 3.8) is 0 Å². The Morgan fingerprint density at radius 1 is 0.615 bits per heavy atom. The third kappa shape index (κ3) is 18.0. The fourth-order valence-electron chi connectivity index (χ4n) is 3.11. The highest BCUT2D eigenvalue weighted by molar-refractivity contribution is 5.82. The first-order valence-electron chi connectivity index (χ1n) is 11.4. The highest BCUT2D eigenvalue weighted by atomic mass is 14.7. The maximum absolute atomic E-state index is 4.74. The van der Waals surface area contributed by atoms with Crippen LogP contribution in [0.4, 0.5) is 0 Å². The molecule has 0 aromatic heterocycles. The number of rotatable bonds is 17. The van der Waals surface area contributed by atoms with Crippen molar-refractivity contribution in [3.05, 3.63) is 23.3 Å². The van der Waals surface area contributed by atoms with E-state index in [0.717, 1.165) is 13.0 Å². The molecule has 0 radical (unpaired) electrons. The van der Waals surface area contributed by atoms with Crippen LogP contribution in [0.5, 0.6) is 0 Å². The van der Waals surface area contributed by atoms with Crippen LogP contribution in [-0.4, -0.2) is 12.3 Å². The summed E-state index contributed by atoms with van der Waals surface area (Å²) >= 11 is 0. The van der Waals surface area contributed by atoms with Crippen LogP contribution in [0.3, 0.4) is 0 Å². The molecule has 0 aliphatic carbocycles. The van der Waals surface area contributed by atoms with Gasteiger partial charge in [-0.15, -0.1) is 0 Å². The monoisotopic (exact) mass is 361 g/mol. The van der Waals surface area contributed by atoms with Crippen molar-refractivity contribution < 1.29 is 0 Å². The fourth-order valence-corrected chi connectivity index (χ4v) is 3.11. The topological polar surface area (TPSA) is 12.4 Å². The molecule has 26 heavy (non-hydrogen) atoms. The molecule has 0 aliphatic heterocycles. The highest BCUT2D eigenvalue weighted by Crippen LogP contribution is 2.13. The van der Waals surface area contributed by atoms with E-state index < -0.39 is 0 Å². The molecule has 0 heterocycles. The second-order valence-electron chi connectivity index (χ2n) is 8.02. The summed E-state index contributed by atoms with van der Waals surface area (Å²) in [4.78, 5) is 4.74. The van der Waals surface area contributed by atoms with Gasteiger partial charge in [0.2, 0.25) is 0 Å². The van der Waals surface area contributed by atoms with E-state index >= 15 is 0 Å². The van der Waals surface area contributed by atoms with Gasteiger partial charge in [0.15, 0.2) is 0 Å². The van der Waals surface area contributed by atoms with Crippen molar-refractivity contribution in [3.8, 4) is 0 Å². The van der Waals surface area contributed by atoms with Crippen molar-refractivity contribution in [1.29, 1.82) is 0 Å². The lowest BCUT2D eigenvalue weighted by Crippen LogP contribution is -1.95. The predicted octanol–water partition coefficient (Wildman–Crippen LogP) is 8.84. The average Bonchev–Trinajstić information content (AvgIpc) is 2.62. The number of nitrogens with zero attached hydrogens (tertiary/aromatic N) is 1. The molecule has 0 aromatic rings. The highest BCUT2D eigenvalue weighted by Gasteiger charge is 1.96. The van der Waals surface area contributed by atoms with Gasteiger partial charge in [0.05, 0.1) is 0 Å². The second-order valence-corrected chi connectivity index (χ2v) is 8.02. The first-order valence-corrected chi connectivity index (χ1v) is 11.4. The summed E-state index contributed by atoms with van der Waals surface area (Å²) < 4.78 is 0. The number of hydrogen-bond acceptors (Lipinski definition) is 1. The third-order valence-electron chi connectivity index (χ3n) is 5.11. The van der Waals surface area contributed by atoms with Crippen molar-refractivity contribution in [1.82, 2.24) is 0 Å². The average molecular weight is 362 g/mol. The van der Waals surface area contributed by atoms with Gasteiger partial charge in [0.1, 0.15) is 0 Å². The predicted molar refractivity (Wildman–Crippen MR) is 121 cm³/mol. The lowest BCUT2D eigenvalue weighted by atomic mass is 10.0. The lowest BCUT2D eigenvalue weighted by Gasteiger charge is -2.04. The molecule has 152 valence electrons. The zero-order valence-corrected chi connectivity index (χ0v) is 18.7. The fraction of sp³-hybridized carbons (Fsp3) is 0.800. The van der Waals surface area contributed by atoms with E-state index in [1.165, 1.54) is 94.8 Å². The van der Waals surface area contributed by atoms with E-state index in [4.69, 9.17) is 4.99 Å². The molecule has 1 nitrogen and oxygen atoms in total. The Kier molecular flexibility index (Phi) is 18.3. The summed E-state index contributed by atoms with van der Waals surface area (Å²) in [5, 5.41) is 0. The summed E-state index contributed by atoms with van der Waals surface area (Å²) in [7, 11) is 0. The molecule has 0 bridgehead atoms. The van der Waals surface area contributed by atoms with Crippen molar-refractivity contribution in [2.45, 2.75) is 125 Å². The summed E-state index contributed by atoms with van der Waals surface area (Å²) in [5.41, 5.74) is 4.42. The van der Waals surface area contributed by atoms with Crippen LogP contribution in [0.25, 0.3) is 0 Å². The Balaban J connectivity index is 3.80. The van der Waals surface area contributed by atoms with Gasteiger partial charge < -0.3 is 0 Å². The molecular weight excluding hydrogens is 314 g/mol. The minimum Gasteiger partial charge on any atom is -0.294 e. The number of hydrogen-bond donors (Lipinski definition) is 0. The SMILES string of the molecule is CCCCCC/C=C(\C)CC/C=C(\C)CC/C(C)=N/CCCCCCC. The molecule has 0 fully saturated rings. The van der Waals surface area contributed by atoms with Gasteiger partial charge in [-0.05, 0) is 65.7 Å². The maximum Gasteiger partial charge on any atom is 0.0388 e. The number of allylic oxidation sites excluding steroid dienone is 4. The van der Waals surface area contributed by atoms with Gasteiger partial charge >= 0.3 is 0 Å². The second kappa shape index (κ2) is 18.9.